The van der Waals surface area contributed by atoms with Crippen molar-refractivity contribution in [2.75, 3.05) is 24.7 Å². The fourth-order valence-electron chi connectivity index (χ4n) is 1.69. The Labute approximate surface area is 115 Å². The number of amides is 1. The summed E-state index contributed by atoms with van der Waals surface area (Å²) in [6.07, 6.45) is 2.53. The summed E-state index contributed by atoms with van der Waals surface area (Å²) in [5, 5.41) is 19.3. The molecule has 1 heterocycles. The zero-order valence-corrected chi connectivity index (χ0v) is 11.4. The third-order valence-electron chi connectivity index (χ3n) is 2.68. The van der Waals surface area contributed by atoms with Gasteiger partial charge in [0.05, 0.1) is 11.7 Å². The molecule has 0 bridgehead atoms. The van der Waals surface area contributed by atoms with Gasteiger partial charge in [0.1, 0.15) is 0 Å². The van der Waals surface area contributed by atoms with Gasteiger partial charge in [-0.05, 0) is 24.3 Å². The molecule has 0 atom stereocenters. The molecule has 6 heteroatoms. The Balaban J connectivity index is 1.79. The summed E-state index contributed by atoms with van der Waals surface area (Å²) in [5.74, 6) is 1.71. The van der Waals surface area contributed by atoms with Crippen molar-refractivity contribution in [3.63, 3.8) is 0 Å². The normalized spacial score (nSPS) is 10.8. The van der Waals surface area contributed by atoms with E-state index in [4.69, 9.17) is 5.11 Å². The van der Waals surface area contributed by atoms with E-state index in [0.717, 1.165) is 28.8 Å². The van der Waals surface area contributed by atoms with E-state index in [9.17, 15) is 4.79 Å². The van der Waals surface area contributed by atoms with E-state index in [1.54, 1.807) is 30.1 Å². The molecule has 1 aromatic carbocycles. The first kappa shape index (κ1) is 13.9. The second-order valence-electron chi connectivity index (χ2n) is 4.12. The quantitative estimate of drug-likeness (QED) is 0.670. The summed E-state index contributed by atoms with van der Waals surface area (Å²) in [4.78, 5) is 11.9. The minimum atomic E-state index is -0.0701. The molecule has 5 nitrogen and oxygen atoms in total. The lowest BCUT2D eigenvalue weighted by Crippen LogP contribution is -2.25. The Morgan fingerprint density at radius 1 is 1.42 bits per heavy atom. The smallest absolute Gasteiger partial charge is 0.251 e. The number of hydrogen-bond donors (Lipinski definition) is 3. The van der Waals surface area contributed by atoms with Gasteiger partial charge in [-0.1, -0.05) is 6.07 Å². The molecular formula is C13H17N3O2S. The van der Waals surface area contributed by atoms with Crippen molar-refractivity contribution in [1.29, 1.82) is 0 Å². The highest BCUT2D eigenvalue weighted by molar-refractivity contribution is 7.99. The van der Waals surface area contributed by atoms with Crippen LogP contribution in [-0.2, 0) is 0 Å². The molecule has 1 amide bonds. The average Bonchev–Trinajstić information content (AvgIpc) is 2.89. The first-order chi connectivity index (χ1) is 9.31. The first-order valence-corrected chi connectivity index (χ1v) is 7.36. The molecule has 1 aromatic heterocycles. The fraction of sp³-hybridized carbons (Fsp3) is 0.385. The van der Waals surface area contributed by atoms with Gasteiger partial charge in [0.25, 0.3) is 5.91 Å². The van der Waals surface area contributed by atoms with Gasteiger partial charge in [0.15, 0.2) is 0 Å². The molecule has 0 unspecified atom stereocenters. The van der Waals surface area contributed by atoms with Gasteiger partial charge in [-0.3, -0.25) is 9.89 Å². The topological polar surface area (TPSA) is 78.0 Å². The number of nitrogens with one attached hydrogen (secondary N) is 2. The van der Waals surface area contributed by atoms with Crippen LogP contribution in [0.15, 0.2) is 24.4 Å². The largest absolute Gasteiger partial charge is 0.396 e. The Morgan fingerprint density at radius 3 is 3.16 bits per heavy atom. The van der Waals surface area contributed by atoms with Crippen molar-refractivity contribution in [1.82, 2.24) is 15.5 Å². The Bertz CT molecular complexity index is 541. The molecule has 0 saturated carbocycles. The number of H-pyrrole nitrogens is 1. The number of thioether (sulfide) groups is 1. The number of aromatic nitrogens is 2. The number of aliphatic hydroxyl groups is 1. The van der Waals surface area contributed by atoms with Crippen LogP contribution in [0.25, 0.3) is 10.9 Å². The van der Waals surface area contributed by atoms with Crippen LogP contribution in [0.4, 0.5) is 0 Å². The molecule has 0 aliphatic carbocycles. The number of carbonyl (C=O) groups is 1. The second kappa shape index (κ2) is 7.16. The zero-order chi connectivity index (χ0) is 13.5. The van der Waals surface area contributed by atoms with E-state index in [-0.39, 0.29) is 12.5 Å². The van der Waals surface area contributed by atoms with E-state index >= 15 is 0 Å². The average molecular weight is 279 g/mol. The molecule has 0 saturated heterocycles. The lowest BCUT2D eigenvalue weighted by molar-refractivity contribution is 0.0956. The molecule has 0 aliphatic heterocycles. The van der Waals surface area contributed by atoms with Crippen molar-refractivity contribution in [2.45, 2.75) is 6.42 Å². The lowest BCUT2D eigenvalue weighted by Gasteiger charge is -2.05. The van der Waals surface area contributed by atoms with Crippen LogP contribution in [0.3, 0.4) is 0 Å². The van der Waals surface area contributed by atoms with E-state index < -0.39 is 0 Å². The molecule has 0 aliphatic rings. The number of aliphatic hydroxyl groups excluding tert-OH is 1. The van der Waals surface area contributed by atoms with Crippen molar-refractivity contribution in [2.24, 2.45) is 0 Å². The Hall–Kier alpha value is -1.53. The highest BCUT2D eigenvalue weighted by atomic mass is 32.2. The second-order valence-corrected chi connectivity index (χ2v) is 5.34. The molecule has 2 rings (SSSR count). The van der Waals surface area contributed by atoms with E-state index in [1.165, 1.54) is 0 Å². The van der Waals surface area contributed by atoms with Gasteiger partial charge < -0.3 is 10.4 Å². The minimum Gasteiger partial charge on any atom is -0.396 e. The first-order valence-electron chi connectivity index (χ1n) is 6.21. The van der Waals surface area contributed by atoms with Gasteiger partial charge in [-0.2, -0.15) is 16.9 Å². The summed E-state index contributed by atoms with van der Waals surface area (Å²) in [5.41, 5.74) is 1.50. The number of nitrogens with zero attached hydrogens (tertiary/aromatic N) is 1. The minimum absolute atomic E-state index is 0.0701. The third-order valence-corrected chi connectivity index (χ3v) is 3.75. The van der Waals surface area contributed by atoms with E-state index in [2.05, 4.69) is 15.5 Å². The van der Waals surface area contributed by atoms with Crippen molar-refractivity contribution in [3.05, 3.63) is 30.0 Å². The molecule has 0 spiro atoms. The summed E-state index contributed by atoms with van der Waals surface area (Å²) in [6.45, 7) is 0.861. The van der Waals surface area contributed by atoms with Crippen LogP contribution < -0.4 is 5.32 Å². The molecule has 0 fully saturated rings. The van der Waals surface area contributed by atoms with Crippen molar-refractivity contribution in [3.8, 4) is 0 Å². The fourth-order valence-corrected chi connectivity index (χ4v) is 2.47. The predicted molar refractivity (Wildman–Crippen MR) is 77.5 cm³/mol. The number of carbonyl (C=O) groups excluding carboxylic acids is 1. The monoisotopic (exact) mass is 279 g/mol. The number of fused-ring (bicyclic) bond motifs is 1. The Morgan fingerprint density at radius 2 is 2.32 bits per heavy atom. The van der Waals surface area contributed by atoms with Crippen LogP contribution >= 0.6 is 11.8 Å². The number of hydrogen-bond acceptors (Lipinski definition) is 4. The van der Waals surface area contributed by atoms with Crippen LogP contribution in [-0.4, -0.2) is 45.9 Å². The van der Waals surface area contributed by atoms with Crippen LogP contribution in [0.1, 0.15) is 16.8 Å². The SMILES string of the molecule is O=C(NCCSCCCO)c1ccc2cn[nH]c2c1. The van der Waals surface area contributed by atoms with E-state index in [0.29, 0.717) is 12.1 Å². The molecule has 2 aromatic rings. The van der Waals surface area contributed by atoms with Gasteiger partial charge >= 0.3 is 0 Å². The summed E-state index contributed by atoms with van der Waals surface area (Å²) in [7, 11) is 0. The van der Waals surface area contributed by atoms with Crippen molar-refractivity contribution < 1.29 is 9.90 Å². The zero-order valence-electron chi connectivity index (χ0n) is 10.6. The highest BCUT2D eigenvalue weighted by Crippen LogP contribution is 2.12. The van der Waals surface area contributed by atoms with Crippen LogP contribution in [0, 0.1) is 0 Å². The van der Waals surface area contributed by atoms with Gasteiger partial charge in [-0.25, -0.2) is 0 Å². The maximum absolute atomic E-state index is 11.9. The van der Waals surface area contributed by atoms with Gasteiger partial charge in [0.2, 0.25) is 0 Å². The standard InChI is InChI=1S/C13H17N3O2S/c17-5-1-6-19-7-4-14-13(18)10-2-3-11-9-15-16-12(11)8-10/h2-3,8-9,17H,1,4-7H2,(H,14,18)(H,15,16). The molecule has 19 heavy (non-hydrogen) atoms. The molecular weight excluding hydrogens is 262 g/mol. The van der Waals surface area contributed by atoms with Crippen LogP contribution in [0.5, 0.6) is 0 Å². The number of aromatic amines is 1. The number of rotatable bonds is 7. The summed E-state index contributed by atoms with van der Waals surface area (Å²) >= 11 is 1.73. The number of benzene rings is 1. The maximum Gasteiger partial charge on any atom is 0.251 e. The van der Waals surface area contributed by atoms with Gasteiger partial charge in [0, 0.05) is 29.9 Å². The molecule has 0 radical (unpaired) electrons. The van der Waals surface area contributed by atoms with Gasteiger partial charge in [-0.15, -0.1) is 0 Å². The summed E-state index contributed by atoms with van der Waals surface area (Å²) in [6, 6.07) is 5.48. The lowest BCUT2D eigenvalue weighted by atomic mass is 10.1. The third kappa shape index (κ3) is 3.97. The maximum atomic E-state index is 11.9. The Kier molecular flexibility index (Phi) is 5.23. The van der Waals surface area contributed by atoms with E-state index in [1.807, 2.05) is 6.07 Å². The molecule has 3 N–H and O–H groups in total. The summed E-state index contributed by atoms with van der Waals surface area (Å²) < 4.78 is 0. The highest BCUT2D eigenvalue weighted by Gasteiger charge is 2.06. The van der Waals surface area contributed by atoms with Crippen LogP contribution in [0.2, 0.25) is 0 Å². The van der Waals surface area contributed by atoms with Crippen molar-refractivity contribution >= 4 is 28.6 Å². The molecule has 102 valence electrons. The predicted octanol–water partition coefficient (Wildman–Crippen LogP) is 1.41.